The minimum Gasteiger partial charge on any atom is -0.466 e. The molecule has 3 aromatic rings. The minimum absolute atomic E-state index is 0.00114. The zero-order chi connectivity index (χ0) is 20.5. The predicted molar refractivity (Wildman–Crippen MR) is 118 cm³/mol. The molecule has 1 heterocycles. The second-order valence-corrected chi connectivity index (χ2v) is 8.04. The average molecular weight is 396 g/mol. The summed E-state index contributed by atoms with van der Waals surface area (Å²) in [4.78, 5) is 15.0. The molecule has 0 saturated heterocycles. The van der Waals surface area contributed by atoms with E-state index in [2.05, 4.69) is 65.6 Å². The van der Waals surface area contributed by atoms with E-state index < -0.39 is 0 Å². The van der Waals surface area contributed by atoms with Gasteiger partial charge in [-0.2, -0.15) is 0 Å². The van der Waals surface area contributed by atoms with Gasteiger partial charge in [-0.1, -0.05) is 78.9 Å². The number of ether oxygens (including phenoxy) is 1. The largest absolute Gasteiger partial charge is 0.466 e. The number of benzene rings is 3. The van der Waals surface area contributed by atoms with Crippen LogP contribution in [0.2, 0.25) is 0 Å². The Morgan fingerprint density at radius 1 is 0.833 bits per heavy atom. The van der Waals surface area contributed by atoms with Gasteiger partial charge in [-0.25, -0.2) is 4.79 Å². The maximum absolute atomic E-state index is 12.7. The second-order valence-electron chi connectivity index (χ2n) is 8.04. The van der Waals surface area contributed by atoms with Gasteiger partial charge in [-0.3, -0.25) is 0 Å². The molecule has 0 saturated carbocycles. The van der Waals surface area contributed by atoms with Gasteiger partial charge >= 0.3 is 5.97 Å². The smallest absolute Gasteiger partial charge is 0.335 e. The fourth-order valence-corrected chi connectivity index (χ4v) is 4.94. The summed E-state index contributed by atoms with van der Waals surface area (Å²) in [6.07, 6.45) is 4.10. The van der Waals surface area contributed by atoms with Crippen LogP contribution in [0.5, 0.6) is 0 Å². The lowest BCUT2D eigenvalue weighted by molar-refractivity contribution is -0.136. The fraction of sp³-hybridized carbons (Fsp3) is 0.222. The van der Waals surface area contributed by atoms with Crippen LogP contribution in [0.15, 0.2) is 90.6 Å². The molecule has 0 aromatic heterocycles. The number of carbonyl (C=O) groups excluding carboxylic acids is 1. The first-order chi connectivity index (χ1) is 14.8. The van der Waals surface area contributed by atoms with E-state index in [0.717, 1.165) is 30.5 Å². The van der Waals surface area contributed by atoms with E-state index in [-0.39, 0.29) is 17.9 Å². The van der Waals surface area contributed by atoms with Gasteiger partial charge in [0.2, 0.25) is 0 Å². The topological polar surface area (TPSA) is 29.5 Å². The molecule has 5 rings (SSSR count). The highest BCUT2D eigenvalue weighted by molar-refractivity contribution is 5.90. The molecule has 3 nitrogen and oxygen atoms in total. The van der Waals surface area contributed by atoms with Crippen LogP contribution in [0.1, 0.15) is 39.8 Å². The van der Waals surface area contributed by atoms with Gasteiger partial charge in [0.05, 0.1) is 18.7 Å². The lowest BCUT2D eigenvalue weighted by Gasteiger charge is -2.31. The summed E-state index contributed by atoms with van der Waals surface area (Å²) in [5.41, 5.74) is 7.30. The summed E-state index contributed by atoms with van der Waals surface area (Å²) < 4.78 is 5.15. The van der Waals surface area contributed by atoms with Crippen molar-refractivity contribution in [3.63, 3.8) is 0 Å². The number of esters is 1. The van der Waals surface area contributed by atoms with Crippen LogP contribution in [-0.4, -0.2) is 24.5 Å². The average Bonchev–Trinajstić information content (AvgIpc) is 3.17. The number of rotatable bonds is 3. The maximum Gasteiger partial charge on any atom is 0.335 e. The number of hydrogen-bond donors (Lipinski definition) is 0. The highest BCUT2D eigenvalue weighted by Crippen LogP contribution is 2.42. The van der Waals surface area contributed by atoms with E-state index in [4.69, 9.17) is 4.74 Å². The van der Waals surface area contributed by atoms with Crippen molar-refractivity contribution in [2.24, 2.45) is 0 Å². The molecule has 30 heavy (non-hydrogen) atoms. The lowest BCUT2D eigenvalue weighted by Crippen LogP contribution is -2.25. The Hall–Kier alpha value is -3.33. The molecule has 2 aliphatic rings. The van der Waals surface area contributed by atoms with Gasteiger partial charge < -0.3 is 9.64 Å². The SMILES string of the molecule is COC(=O)C1=CN(C2c3ccccc3CCc3ccccc32)CC1c1ccccc1. The van der Waals surface area contributed by atoms with Crippen molar-refractivity contribution in [2.45, 2.75) is 24.8 Å². The lowest BCUT2D eigenvalue weighted by atomic mass is 9.92. The van der Waals surface area contributed by atoms with Gasteiger partial charge in [-0.05, 0) is 40.7 Å². The van der Waals surface area contributed by atoms with E-state index in [1.807, 2.05) is 24.4 Å². The van der Waals surface area contributed by atoms with Crippen molar-refractivity contribution < 1.29 is 9.53 Å². The molecule has 1 aliphatic carbocycles. The Morgan fingerprint density at radius 2 is 1.40 bits per heavy atom. The van der Waals surface area contributed by atoms with Crippen LogP contribution < -0.4 is 0 Å². The van der Waals surface area contributed by atoms with Crippen LogP contribution in [-0.2, 0) is 22.4 Å². The van der Waals surface area contributed by atoms with Crippen LogP contribution in [0.25, 0.3) is 0 Å². The first-order valence-corrected chi connectivity index (χ1v) is 10.5. The van der Waals surface area contributed by atoms with Crippen LogP contribution in [0, 0.1) is 0 Å². The Kier molecular flexibility index (Phi) is 4.88. The zero-order valence-corrected chi connectivity index (χ0v) is 17.1. The number of hydrogen-bond acceptors (Lipinski definition) is 3. The maximum atomic E-state index is 12.7. The number of carbonyl (C=O) groups is 1. The van der Waals surface area contributed by atoms with Gasteiger partial charge in [0.1, 0.15) is 0 Å². The second kappa shape index (κ2) is 7.83. The van der Waals surface area contributed by atoms with Crippen molar-refractivity contribution >= 4 is 5.97 Å². The number of aryl methyl sites for hydroxylation is 2. The Morgan fingerprint density at radius 3 is 2.00 bits per heavy atom. The molecule has 0 radical (unpaired) electrons. The van der Waals surface area contributed by atoms with E-state index in [1.54, 1.807) is 0 Å². The van der Waals surface area contributed by atoms with Gasteiger partial charge in [0, 0.05) is 18.7 Å². The molecule has 3 heteroatoms. The Balaban J connectivity index is 1.63. The van der Waals surface area contributed by atoms with E-state index >= 15 is 0 Å². The van der Waals surface area contributed by atoms with Crippen LogP contribution in [0.4, 0.5) is 0 Å². The van der Waals surface area contributed by atoms with Crippen molar-refractivity contribution in [1.82, 2.24) is 4.90 Å². The summed E-state index contributed by atoms with van der Waals surface area (Å²) >= 11 is 0. The van der Waals surface area contributed by atoms with E-state index in [0.29, 0.717) is 0 Å². The molecule has 1 aliphatic heterocycles. The molecule has 0 N–H and O–H groups in total. The number of fused-ring (bicyclic) bond motifs is 2. The number of methoxy groups -OCH3 is 1. The summed E-state index contributed by atoms with van der Waals surface area (Å²) in [6.45, 7) is 0.752. The summed E-state index contributed by atoms with van der Waals surface area (Å²) in [5, 5.41) is 0. The monoisotopic (exact) mass is 395 g/mol. The summed E-state index contributed by atoms with van der Waals surface area (Å²) in [6, 6.07) is 27.8. The van der Waals surface area contributed by atoms with Gasteiger partial charge in [0.15, 0.2) is 0 Å². The quantitative estimate of drug-likeness (QED) is 0.583. The van der Waals surface area contributed by atoms with Crippen LogP contribution >= 0.6 is 0 Å². The van der Waals surface area contributed by atoms with Crippen molar-refractivity contribution in [1.29, 1.82) is 0 Å². The molecule has 0 bridgehead atoms. The zero-order valence-electron chi connectivity index (χ0n) is 17.1. The Labute approximate surface area is 177 Å². The van der Waals surface area contributed by atoms with Crippen molar-refractivity contribution in [3.8, 4) is 0 Å². The minimum atomic E-state index is -0.249. The van der Waals surface area contributed by atoms with Crippen molar-refractivity contribution in [3.05, 3.63) is 118 Å². The third-order valence-corrected chi connectivity index (χ3v) is 6.39. The van der Waals surface area contributed by atoms with E-state index in [1.165, 1.54) is 29.4 Å². The highest BCUT2D eigenvalue weighted by Gasteiger charge is 2.36. The molecule has 0 fully saturated rings. The molecule has 1 unspecified atom stereocenters. The third-order valence-electron chi connectivity index (χ3n) is 6.39. The highest BCUT2D eigenvalue weighted by atomic mass is 16.5. The molecule has 1 atom stereocenters. The fourth-order valence-electron chi connectivity index (χ4n) is 4.94. The molecule has 0 spiro atoms. The molecular formula is C27H25NO2. The van der Waals surface area contributed by atoms with Gasteiger partial charge in [-0.15, -0.1) is 0 Å². The normalized spacial score (nSPS) is 18.2. The molecule has 3 aromatic carbocycles. The molecule has 150 valence electrons. The van der Waals surface area contributed by atoms with E-state index in [9.17, 15) is 4.79 Å². The van der Waals surface area contributed by atoms with Crippen molar-refractivity contribution in [2.75, 3.05) is 13.7 Å². The first kappa shape index (κ1) is 18.7. The standard InChI is InChI=1S/C27H25NO2/c1-30-27(29)25-18-28(17-24(25)19-9-3-2-4-10-19)26-22-13-7-5-11-20(22)15-16-21-12-6-8-14-23(21)26/h2-14,18,24,26H,15-17H2,1H3. The number of nitrogens with zero attached hydrogens (tertiary/aromatic N) is 1. The summed E-state index contributed by atoms with van der Waals surface area (Å²) in [5.74, 6) is -0.247. The summed E-state index contributed by atoms with van der Waals surface area (Å²) in [7, 11) is 1.46. The first-order valence-electron chi connectivity index (χ1n) is 10.5. The predicted octanol–water partition coefficient (Wildman–Crippen LogP) is 5.03. The Bertz CT molecular complexity index is 1060. The third kappa shape index (κ3) is 3.21. The molecular weight excluding hydrogens is 370 g/mol. The van der Waals surface area contributed by atoms with Crippen LogP contribution in [0.3, 0.4) is 0 Å². The van der Waals surface area contributed by atoms with Gasteiger partial charge in [0.25, 0.3) is 0 Å². The molecule has 0 amide bonds.